The van der Waals surface area contributed by atoms with E-state index < -0.39 is 6.10 Å². The Morgan fingerprint density at radius 1 is 1.29 bits per heavy atom. The minimum absolute atomic E-state index is 0.191. The van der Waals surface area contributed by atoms with Gasteiger partial charge in [-0.05, 0) is 17.5 Å². The molecule has 1 aromatic carbocycles. The fourth-order valence-electron chi connectivity index (χ4n) is 3.53. The number of carbonyl (C=O) groups excluding carboxylic acids is 1. The van der Waals surface area contributed by atoms with Crippen LogP contribution in [0.4, 0.5) is 5.82 Å². The third-order valence-corrected chi connectivity index (χ3v) is 5.21. The Labute approximate surface area is 164 Å². The van der Waals surface area contributed by atoms with Crippen LogP contribution in [-0.4, -0.2) is 70.8 Å². The molecule has 2 aliphatic rings. The number of carbonyl (C=O) groups is 1. The average molecular weight is 382 g/mol. The van der Waals surface area contributed by atoms with Crippen molar-refractivity contribution in [3.8, 4) is 0 Å². The first-order valence-corrected chi connectivity index (χ1v) is 9.72. The minimum Gasteiger partial charge on any atom is -0.390 e. The lowest BCUT2D eigenvalue weighted by atomic mass is 10.00. The van der Waals surface area contributed by atoms with Crippen LogP contribution in [0.25, 0.3) is 0 Å². The van der Waals surface area contributed by atoms with E-state index in [2.05, 4.69) is 49.0 Å². The van der Waals surface area contributed by atoms with Crippen molar-refractivity contribution in [3.63, 3.8) is 0 Å². The summed E-state index contributed by atoms with van der Waals surface area (Å²) in [5, 5.41) is 19.5. The molecule has 3 heterocycles. The van der Waals surface area contributed by atoms with Gasteiger partial charge in [0.15, 0.2) is 0 Å². The zero-order valence-corrected chi connectivity index (χ0v) is 15.8. The number of fused-ring (bicyclic) bond motifs is 1. The van der Waals surface area contributed by atoms with Gasteiger partial charge in [-0.25, -0.2) is 9.97 Å². The Hall–Kier alpha value is -2.55. The van der Waals surface area contributed by atoms with Gasteiger partial charge in [0.2, 0.25) is 0 Å². The molecule has 8 nitrogen and oxygen atoms in total. The maximum absolute atomic E-state index is 12.4. The number of anilines is 1. The highest BCUT2D eigenvalue weighted by Crippen LogP contribution is 2.18. The second-order valence-corrected chi connectivity index (χ2v) is 7.41. The number of aliphatic hydroxyl groups is 1. The average Bonchev–Trinajstić information content (AvgIpc) is 2.69. The molecule has 0 aliphatic carbocycles. The van der Waals surface area contributed by atoms with Crippen molar-refractivity contribution in [2.75, 3.05) is 38.0 Å². The number of β-amino-alcohol motifs (C(OH)–C–C–N with tert-alkyl or cyclic N) is 1. The molecule has 0 saturated carbocycles. The minimum atomic E-state index is -0.630. The van der Waals surface area contributed by atoms with Gasteiger partial charge in [0.25, 0.3) is 5.91 Å². The first-order chi connectivity index (χ1) is 13.7. The molecule has 2 aromatic rings. The summed E-state index contributed by atoms with van der Waals surface area (Å²) >= 11 is 0. The topological polar surface area (TPSA) is 102 Å². The number of amides is 1. The molecule has 0 spiro atoms. The molecule has 1 atom stereocenters. The summed E-state index contributed by atoms with van der Waals surface area (Å²) in [6.45, 7) is 4.24. The van der Waals surface area contributed by atoms with E-state index in [0.29, 0.717) is 24.1 Å². The molecule has 1 fully saturated rings. The zero-order chi connectivity index (χ0) is 19.3. The number of nitrogens with zero attached hydrogens (tertiary/aromatic N) is 3. The van der Waals surface area contributed by atoms with Crippen LogP contribution in [0.1, 0.15) is 21.6 Å². The summed E-state index contributed by atoms with van der Waals surface area (Å²) < 4.78 is 0. The third kappa shape index (κ3) is 4.64. The van der Waals surface area contributed by atoms with Crippen LogP contribution in [0.15, 0.2) is 36.7 Å². The van der Waals surface area contributed by atoms with E-state index in [4.69, 9.17) is 0 Å². The number of hydrogen-bond donors (Lipinski definition) is 4. The van der Waals surface area contributed by atoms with Gasteiger partial charge >= 0.3 is 0 Å². The predicted octanol–water partition coefficient (Wildman–Crippen LogP) is 0.00930. The van der Waals surface area contributed by atoms with Gasteiger partial charge in [-0.3, -0.25) is 9.69 Å². The summed E-state index contributed by atoms with van der Waals surface area (Å²) in [7, 11) is 0. The molecule has 4 N–H and O–H groups in total. The molecule has 4 rings (SSSR count). The van der Waals surface area contributed by atoms with Crippen molar-refractivity contribution in [1.29, 1.82) is 0 Å². The number of benzene rings is 1. The Bertz CT molecular complexity index is 826. The van der Waals surface area contributed by atoms with Crippen molar-refractivity contribution < 1.29 is 9.90 Å². The first-order valence-electron chi connectivity index (χ1n) is 9.72. The van der Waals surface area contributed by atoms with E-state index in [1.165, 1.54) is 17.5 Å². The molecule has 8 heteroatoms. The van der Waals surface area contributed by atoms with E-state index >= 15 is 0 Å². The van der Waals surface area contributed by atoms with E-state index in [1.807, 2.05) is 6.07 Å². The summed E-state index contributed by atoms with van der Waals surface area (Å²) in [6, 6.07) is 10.4. The van der Waals surface area contributed by atoms with E-state index in [0.717, 1.165) is 32.6 Å². The summed E-state index contributed by atoms with van der Waals surface area (Å²) in [5.74, 6) is 0.333. The molecule has 1 amide bonds. The number of aliphatic hydroxyl groups excluding tert-OH is 1. The fourth-order valence-corrected chi connectivity index (χ4v) is 3.53. The second-order valence-electron chi connectivity index (χ2n) is 7.41. The van der Waals surface area contributed by atoms with Crippen molar-refractivity contribution in [2.45, 2.75) is 25.1 Å². The molecule has 148 valence electrons. The molecular weight excluding hydrogens is 356 g/mol. The fraction of sp³-hybridized carbons (Fsp3) is 0.450. The van der Waals surface area contributed by atoms with Gasteiger partial charge < -0.3 is 21.1 Å². The van der Waals surface area contributed by atoms with Crippen molar-refractivity contribution in [3.05, 3.63) is 53.5 Å². The van der Waals surface area contributed by atoms with Crippen molar-refractivity contribution >= 4 is 11.7 Å². The smallest absolute Gasteiger partial charge is 0.270 e. The standard InChI is InChI=1S/C20H26N6O2/c27-17(12-26-6-5-14-3-1-2-4-15(14)11-26)10-22-20(28)18-7-19(24-13-23-18)25-16-8-21-9-16/h1-4,7,13,16-17,21,27H,5-6,8-12H2,(H,22,28)(H,23,24,25)/t17-/m0/s1. The Morgan fingerprint density at radius 2 is 2.11 bits per heavy atom. The maximum atomic E-state index is 12.4. The Morgan fingerprint density at radius 3 is 2.89 bits per heavy atom. The molecule has 1 saturated heterocycles. The van der Waals surface area contributed by atoms with Crippen LogP contribution in [0.3, 0.4) is 0 Å². The summed E-state index contributed by atoms with van der Waals surface area (Å²) in [5.41, 5.74) is 2.99. The molecule has 1 aromatic heterocycles. The molecule has 28 heavy (non-hydrogen) atoms. The second kappa shape index (κ2) is 8.64. The Balaban J connectivity index is 1.25. The largest absolute Gasteiger partial charge is 0.390 e. The van der Waals surface area contributed by atoms with Gasteiger partial charge in [0.1, 0.15) is 17.8 Å². The molecular formula is C20H26N6O2. The molecule has 2 aliphatic heterocycles. The third-order valence-electron chi connectivity index (χ3n) is 5.21. The number of rotatable bonds is 7. The van der Waals surface area contributed by atoms with Gasteiger partial charge in [0.05, 0.1) is 12.1 Å². The maximum Gasteiger partial charge on any atom is 0.270 e. The van der Waals surface area contributed by atoms with Crippen LogP contribution in [0.2, 0.25) is 0 Å². The highest BCUT2D eigenvalue weighted by molar-refractivity contribution is 5.92. The number of aromatic nitrogens is 2. The summed E-state index contributed by atoms with van der Waals surface area (Å²) in [4.78, 5) is 22.8. The number of nitrogens with one attached hydrogen (secondary N) is 3. The molecule has 0 bridgehead atoms. The Kier molecular flexibility index (Phi) is 5.80. The van der Waals surface area contributed by atoms with E-state index in [1.54, 1.807) is 6.07 Å². The van der Waals surface area contributed by atoms with Crippen LogP contribution >= 0.6 is 0 Å². The summed E-state index contributed by atoms with van der Waals surface area (Å²) in [6.07, 6.45) is 1.74. The van der Waals surface area contributed by atoms with Crippen LogP contribution in [0.5, 0.6) is 0 Å². The first kappa shape index (κ1) is 18.8. The lowest BCUT2D eigenvalue weighted by molar-refractivity contribution is 0.0838. The van der Waals surface area contributed by atoms with Crippen LogP contribution < -0.4 is 16.0 Å². The SMILES string of the molecule is O=C(NC[C@H](O)CN1CCc2ccccc2C1)c1cc(NC2CNC2)ncn1. The monoisotopic (exact) mass is 382 g/mol. The predicted molar refractivity (Wildman–Crippen MR) is 106 cm³/mol. The van der Waals surface area contributed by atoms with E-state index in [-0.39, 0.29) is 12.5 Å². The van der Waals surface area contributed by atoms with E-state index in [9.17, 15) is 9.90 Å². The quantitative estimate of drug-likeness (QED) is 0.535. The van der Waals surface area contributed by atoms with Crippen LogP contribution in [0, 0.1) is 0 Å². The lowest BCUT2D eigenvalue weighted by Crippen LogP contribution is -2.51. The van der Waals surface area contributed by atoms with Gasteiger partial charge in [0, 0.05) is 45.3 Å². The highest BCUT2D eigenvalue weighted by Gasteiger charge is 2.20. The molecule has 0 radical (unpaired) electrons. The van der Waals surface area contributed by atoms with Gasteiger partial charge in [-0.2, -0.15) is 0 Å². The van der Waals surface area contributed by atoms with Gasteiger partial charge in [-0.1, -0.05) is 24.3 Å². The van der Waals surface area contributed by atoms with Gasteiger partial charge in [-0.15, -0.1) is 0 Å². The van der Waals surface area contributed by atoms with Crippen molar-refractivity contribution in [2.24, 2.45) is 0 Å². The highest BCUT2D eigenvalue weighted by atomic mass is 16.3. The normalized spacial score (nSPS) is 18.0. The lowest BCUT2D eigenvalue weighted by Gasteiger charge is -2.30. The van der Waals surface area contributed by atoms with Crippen molar-refractivity contribution in [1.82, 2.24) is 25.5 Å². The molecule has 0 unspecified atom stereocenters. The number of hydrogen-bond acceptors (Lipinski definition) is 7. The zero-order valence-electron chi connectivity index (χ0n) is 15.8. The van der Waals surface area contributed by atoms with Crippen LogP contribution in [-0.2, 0) is 13.0 Å².